The highest BCUT2D eigenvalue weighted by Gasteiger charge is 2.20. The van der Waals surface area contributed by atoms with Crippen LogP contribution in [0, 0.1) is 28.6 Å². The Morgan fingerprint density at radius 3 is 2.85 bits per heavy atom. The molecule has 0 amide bonds. The SMILES string of the molecule is N#Cc1cnn2cc(-c3cc4n(n3)CCN(C#N)C4)cc(OCC(O)c3ccc(F)cn3)c12. The summed E-state index contributed by atoms with van der Waals surface area (Å²) in [6, 6.07) is 8.32. The zero-order chi connectivity index (χ0) is 22.9. The number of fused-ring (bicyclic) bond motifs is 2. The van der Waals surface area contributed by atoms with Crippen molar-refractivity contribution in [3.8, 4) is 29.3 Å². The van der Waals surface area contributed by atoms with Gasteiger partial charge >= 0.3 is 0 Å². The zero-order valence-corrected chi connectivity index (χ0v) is 17.3. The number of nitriles is 2. The predicted octanol–water partition coefficient (Wildman–Crippen LogP) is 2.01. The van der Waals surface area contributed by atoms with Crippen LogP contribution in [0.3, 0.4) is 0 Å². The van der Waals surface area contributed by atoms with Gasteiger partial charge in [-0.15, -0.1) is 0 Å². The van der Waals surface area contributed by atoms with Gasteiger partial charge < -0.3 is 14.7 Å². The molecule has 0 bridgehead atoms. The van der Waals surface area contributed by atoms with Crippen molar-refractivity contribution in [3.63, 3.8) is 0 Å². The first-order valence-corrected chi connectivity index (χ1v) is 10.1. The maximum absolute atomic E-state index is 13.1. The van der Waals surface area contributed by atoms with E-state index in [1.165, 1.54) is 22.8 Å². The summed E-state index contributed by atoms with van der Waals surface area (Å²) in [5.74, 6) is -0.160. The number of halogens is 1. The van der Waals surface area contributed by atoms with E-state index in [-0.39, 0.29) is 12.3 Å². The summed E-state index contributed by atoms with van der Waals surface area (Å²) in [6.45, 7) is 1.51. The molecule has 4 aromatic rings. The number of aliphatic hydroxyl groups is 1. The van der Waals surface area contributed by atoms with Gasteiger partial charge in [-0.2, -0.15) is 20.7 Å². The summed E-state index contributed by atoms with van der Waals surface area (Å²) in [4.78, 5) is 5.54. The van der Waals surface area contributed by atoms with Crippen molar-refractivity contribution in [2.45, 2.75) is 19.2 Å². The number of hydrogen-bond donors (Lipinski definition) is 1. The molecule has 0 radical (unpaired) electrons. The van der Waals surface area contributed by atoms with Gasteiger partial charge in [0.25, 0.3) is 0 Å². The van der Waals surface area contributed by atoms with Crippen LogP contribution in [-0.4, -0.2) is 47.5 Å². The van der Waals surface area contributed by atoms with Crippen LogP contribution in [0.25, 0.3) is 16.8 Å². The molecule has 0 aliphatic carbocycles. The van der Waals surface area contributed by atoms with Crippen LogP contribution < -0.4 is 4.74 Å². The lowest BCUT2D eigenvalue weighted by molar-refractivity contribution is 0.105. The fourth-order valence-electron chi connectivity index (χ4n) is 3.75. The summed E-state index contributed by atoms with van der Waals surface area (Å²) >= 11 is 0. The monoisotopic (exact) mass is 444 g/mol. The third-order valence-electron chi connectivity index (χ3n) is 5.42. The topological polar surface area (TPSA) is 128 Å². The van der Waals surface area contributed by atoms with Crippen LogP contribution in [-0.2, 0) is 13.1 Å². The summed E-state index contributed by atoms with van der Waals surface area (Å²) in [6.07, 6.45) is 5.27. The smallest absolute Gasteiger partial charge is 0.179 e. The molecule has 1 unspecified atom stereocenters. The largest absolute Gasteiger partial charge is 0.488 e. The Hall–Kier alpha value is -4.48. The average molecular weight is 444 g/mol. The van der Waals surface area contributed by atoms with Gasteiger partial charge in [0.1, 0.15) is 41.4 Å². The fourth-order valence-corrected chi connectivity index (χ4v) is 3.75. The number of aliphatic hydroxyl groups excluding tert-OH is 1. The lowest BCUT2D eigenvalue weighted by Gasteiger charge is -2.21. The molecule has 1 atom stereocenters. The molecule has 0 saturated heterocycles. The number of rotatable bonds is 5. The molecule has 1 aliphatic rings. The van der Waals surface area contributed by atoms with E-state index in [1.54, 1.807) is 17.2 Å². The second kappa shape index (κ2) is 8.22. The number of ether oxygens (including phenoxy) is 1. The van der Waals surface area contributed by atoms with Crippen LogP contribution in [0.15, 0.2) is 42.9 Å². The third kappa shape index (κ3) is 3.82. The number of aromatic nitrogens is 5. The molecule has 0 fully saturated rings. The normalized spacial score (nSPS) is 13.9. The van der Waals surface area contributed by atoms with E-state index in [1.807, 2.05) is 10.7 Å². The van der Waals surface area contributed by atoms with Crippen LogP contribution >= 0.6 is 0 Å². The first-order valence-electron chi connectivity index (χ1n) is 10.1. The van der Waals surface area contributed by atoms with Gasteiger partial charge in [0.05, 0.1) is 42.6 Å². The number of hydrogen-bond acceptors (Lipinski definition) is 8. The predicted molar refractivity (Wildman–Crippen MR) is 112 cm³/mol. The maximum atomic E-state index is 13.1. The minimum absolute atomic E-state index is 0.162. The maximum Gasteiger partial charge on any atom is 0.179 e. The van der Waals surface area contributed by atoms with Crippen molar-refractivity contribution in [1.29, 1.82) is 10.5 Å². The molecular formula is C22H17FN8O2. The molecule has 11 heteroatoms. The quantitative estimate of drug-likeness (QED) is 0.463. The molecule has 5 heterocycles. The standard InChI is InChI=1S/C22H17FN8O2/c23-16-1-2-18(26-9-16)20(32)12-33-21-5-14(10-31-22(21)15(7-24)8-27-31)19-6-17-11-29(13-25)3-4-30(17)28-19/h1-2,5-6,8-10,20,32H,3-4,11-12H2. The highest BCUT2D eigenvalue weighted by atomic mass is 19.1. The van der Waals surface area contributed by atoms with Gasteiger partial charge in [0.2, 0.25) is 0 Å². The van der Waals surface area contributed by atoms with Gasteiger partial charge in [-0.1, -0.05) is 0 Å². The first kappa shape index (κ1) is 20.4. The first-order chi connectivity index (χ1) is 16.1. The van der Waals surface area contributed by atoms with Crippen molar-refractivity contribution >= 4 is 5.52 Å². The van der Waals surface area contributed by atoms with E-state index in [2.05, 4.69) is 27.4 Å². The van der Waals surface area contributed by atoms with Crippen molar-refractivity contribution in [2.24, 2.45) is 0 Å². The second-order valence-corrected chi connectivity index (χ2v) is 7.55. The Kier molecular flexibility index (Phi) is 5.09. The lowest BCUT2D eigenvalue weighted by atomic mass is 10.1. The van der Waals surface area contributed by atoms with E-state index in [0.29, 0.717) is 47.7 Å². The second-order valence-electron chi connectivity index (χ2n) is 7.55. The van der Waals surface area contributed by atoms with Gasteiger partial charge in [0, 0.05) is 18.3 Å². The Morgan fingerprint density at radius 1 is 1.21 bits per heavy atom. The van der Waals surface area contributed by atoms with Crippen molar-refractivity contribution in [1.82, 2.24) is 29.3 Å². The van der Waals surface area contributed by atoms with Gasteiger partial charge in [0.15, 0.2) is 6.19 Å². The van der Waals surface area contributed by atoms with Crippen molar-refractivity contribution in [3.05, 3.63) is 65.6 Å². The van der Waals surface area contributed by atoms with E-state index < -0.39 is 11.9 Å². The minimum atomic E-state index is -1.10. The highest BCUT2D eigenvalue weighted by Crippen LogP contribution is 2.31. The molecule has 4 aromatic heterocycles. The van der Waals surface area contributed by atoms with Gasteiger partial charge in [-0.3, -0.25) is 9.67 Å². The number of pyridine rings is 2. The van der Waals surface area contributed by atoms with E-state index in [4.69, 9.17) is 10.00 Å². The lowest BCUT2D eigenvalue weighted by Crippen LogP contribution is -2.30. The van der Waals surface area contributed by atoms with Crippen LogP contribution in [0.1, 0.15) is 23.1 Å². The highest BCUT2D eigenvalue weighted by molar-refractivity contribution is 5.74. The molecule has 10 nitrogen and oxygen atoms in total. The van der Waals surface area contributed by atoms with Crippen molar-refractivity contribution in [2.75, 3.05) is 13.2 Å². The minimum Gasteiger partial charge on any atom is -0.488 e. The van der Waals surface area contributed by atoms with Crippen LogP contribution in [0.5, 0.6) is 5.75 Å². The molecule has 164 valence electrons. The Labute approximate surface area is 187 Å². The zero-order valence-electron chi connectivity index (χ0n) is 17.3. The molecule has 5 rings (SSSR count). The number of nitrogens with zero attached hydrogens (tertiary/aromatic N) is 8. The summed E-state index contributed by atoms with van der Waals surface area (Å²) < 4.78 is 22.4. The summed E-state index contributed by atoms with van der Waals surface area (Å²) in [7, 11) is 0. The fraction of sp³-hybridized carbons (Fsp3) is 0.227. The Morgan fingerprint density at radius 2 is 2.09 bits per heavy atom. The third-order valence-corrected chi connectivity index (χ3v) is 5.42. The van der Waals surface area contributed by atoms with Crippen LogP contribution in [0.2, 0.25) is 0 Å². The Balaban J connectivity index is 1.48. The average Bonchev–Trinajstić information content (AvgIpc) is 3.46. The van der Waals surface area contributed by atoms with Gasteiger partial charge in [-0.05, 0) is 24.3 Å². The van der Waals surface area contributed by atoms with Crippen LogP contribution in [0.4, 0.5) is 4.39 Å². The Bertz CT molecular complexity index is 1410. The van der Waals surface area contributed by atoms with Gasteiger partial charge in [-0.25, -0.2) is 8.91 Å². The van der Waals surface area contributed by atoms with E-state index in [0.717, 1.165) is 11.9 Å². The van der Waals surface area contributed by atoms with E-state index >= 15 is 0 Å². The molecule has 33 heavy (non-hydrogen) atoms. The summed E-state index contributed by atoms with van der Waals surface area (Å²) in [5, 5.41) is 38.0. The molecule has 0 saturated carbocycles. The summed E-state index contributed by atoms with van der Waals surface area (Å²) in [5.41, 5.74) is 3.33. The van der Waals surface area contributed by atoms with Crippen molar-refractivity contribution < 1.29 is 14.2 Å². The molecular weight excluding hydrogens is 427 g/mol. The molecule has 0 spiro atoms. The molecule has 1 aliphatic heterocycles. The molecule has 0 aromatic carbocycles. The van der Waals surface area contributed by atoms with E-state index in [9.17, 15) is 14.8 Å². The molecule has 1 N–H and O–H groups in total.